The molecule has 2 atom stereocenters. The number of nitrogens with zero attached hydrogens (tertiary/aromatic N) is 1. The van der Waals surface area contributed by atoms with E-state index in [9.17, 15) is 8.42 Å². The van der Waals surface area contributed by atoms with Crippen molar-refractivity contribution in [2.75, 3.05) is 20.1 Å². The van der Waals surface area contributed by atoms with E-state index in [0.717, 1.165) is 25.8 Å². The summed E-state index contributed by atoms with van der Waals surface area (Å²) < 4.78 is 26.0. The molecule has 17 heavy (non-hydrogen) atoms. The van der Waals surface area contributed by atoms with Crippen LogP contribution in [0.4, 0.5) is 0 Å². The zero-order valence-electron chi connectivity index (χ0n) is 11.9. The molecular formula is C12H28N2O2S. The second kappa shape index (κ2) is 8.06. The lowest BCUT2D eigenvalue weighted by Crippen LogP contribution is -2.44. The van der Waals surface area contributed by atoms with E-state index in [1.165, 1.54) is 4.31 Å². The highest BCUT2D eigenvalue weighted by atomic mass is 32.2. The maximum Gasteiger partial charge on any atom is 0.217 e. The standard InChI is InChI=1S/C12H28N2O2S/c1-6-8-11(3)14(5)17(15,16)12(4)10-13-9-7-2/h11-13H,6-10H2,1-5H3. The average molecular weight is 264 g/mol. The van der Waals surface area contributed by atoms with Crippen molar-refractivity contribution in [1.82, 2.24) is 9.62 Å². The van der Waals surface area contributed by atoms with Crippen LogP contribution in [0.25, 0.3) is 0 Å². The first-order valence-electron chi connectivity index (χ1n) is 6.55. The number of rotatable bonds is 9. The summed E-state index contributed by atoms with van der Waals surface area (Å²) in [4.78, 5) is 0. The Labute approximate surface area is 107 Å². The van der Waals surface area contributed by atoms with Crippen LogP contribution in [0.15, 0.2) is 0 Å². The minimum Gasteiger partial charge on any atom is -0.315 e. The van der Waals surface area contributed by atoms with E-state index < -0.39 is 10.0 Å². The quantitative estimate of drug-likeness (QED) is 0.646. The van der Waals surface area contributed by atoms with Gasteiger partial charge in [0.25, 0.3) is 0 Å². The van der Waals surface area contributed by atoms with Gasteiger partial charge in [0.1, 0.15) is 0 Å². The third-order valence-electron chi connectivity index (χ3n) is 3.10. The molecule has 0 heterocycles. The van der Waals surface area contributed by atoms with Gasteiger partial charge in [-0.25, -0.2) is 12.7 Å². The van der Waals surface area contributed by atoms with Crippen molar-refractivity contribution >= 4 is 10.0 Å². The Balaban J connectivity index is 4.43. The molecule has 0 rings (SSSR count). The number of hydrogen-bond acceptors (Lipinski definition) is 3. The molecule has 1 N–H and O–H groups in total. The molecule has 0 radical (unpaired) electrons. The van der Waals surface area contributed by atoms with Gasteiger partial charge in [0, 0.05) is 19.6 Å². The van der Waals surface area contributed by atoms with E-state index in [1.807, 2.05) is 6.92 Å². The Hall–Kier alpha value is -0.130. The molecule has 0 aromatic carbocycles. The van der Waals surface area contributed by atoms with E-state index in [2.05, 4.69) is 19.2 Å². The monoisotopic (exact) mass is 264 g/mol. The second-order valence-electron chi connectivity index (χ2n) is 4.71. The number of sulfonamides is 1. The summed E-state index contributed by atoms with van der Waals surface area (Å²) in [6, 6.07) is 0.0821. The van der Waals surface area contributed by atoms with Gasteiger partial charge in [-0.2, -0.15) is 0 Å². The fourth-order valence-corrected chi connectivity index (χ4v) is 3.22. The lowest BCUT2D eigenvalue weighted by molar-refractivity contribution is 0.363. The van der Waals surface area contributed by atoms with Crippen LogP contribution < -0.4 is 5.32 Å². The molecular weight excluding hydrogens is 236 g/mol. The summed E-state index contributed by atoms with van der Waals surface area (Å²) in [6.07, 6.45) is 2.93. The van der Waals surface area contributed by atoms with Gasteiger partial charge in [-0.15, -0.1) is 0 Å². The molecule has 0 saturated carbocycles. The van der Waals surface area contributed by atoms with Crippen molar-refractivity contribution in [2.45, 2.75) is 58.2 Å². The highest BCUT2D eigenvalue weighted by Crippen LogP contribution is 2.13. The summed E-state index contributed by atoms with van der Waals surface area (Å²) in [5.74, 6) is 0. The Bertz CT molecular complexity index is 291. The Morgan fingerprint density at radius 3 is 2.24 bits per heavy atom. The van der Waals surface area contributed by atoms with Crippen LogP contribution in [0.5, 0.6) is 0 Å². The predicted molar refractivity (Wildman–Crippen MR) is 73.7 cm³/mol. The highest BCUT2D eigenvalue weighted by Gasteiger charge is 2.28. The van der Waals surface area contributed by atoms with Crippen LogP contribution in [0.1, 0.15) is 47.0 Å². The SMILES string of the molecule is CCCNCC(C)S(=O)(=O)N(C)C(C)CCC. The van der Waals surface area contributed by atoms with Crippen LogP contribution in [-0.2, 0) is 10.0 Å². The van der Waals surface area contributed by atoms with E-state index in [-0.39, 0.29) is 11.3 Å². The van der Waals surface area contributed by atoms with Crippen LogP contribution in [0, 0.1) is 0 Å². The van der Waals surface area contributed by atoms with Crippen molar-refractivity contribution in [3.05, 3.63) is 0 Å². The number of nitrogens with one attached hydrogen (secondary N) is 1. The van der Waals surface area contributed by atoms with Crippen molar-refractivity contribution in [3.63, 3.8) is 0 Å². The second-order valence-corrected chi connectivity index (χ2v) is 7.12. The summed E-state index contributed by atoms with van der Waals surface area (Å²) >= 11 is 0. The molecule has 0 bridgehead atoms. The van der Waals surface area contributed by atoms with Gasteiger partial charge in [-0.05, 0) is 33.2 Å². The molecule has 0 aliphatic carbocycles. The van der Waals surface area contributed by atoms with Crippen molar-refractivity contribution in [3.8, 4) is 0 Å². The first-order chi connectivity index (χ1) is 7.87. The van der Waals surface area contributed by atoms with Gasteiger partial charge >= 0.3 is 0 Å². The van der Waals surface area contributed by atoms with Gasteiger partial charge in [0.15, 0.2) is 0 Å². The lowest BCUT2D eigenvalue weighted by atomic mass is 10.2. The summed E-state index contributed by atoms with van der Waals surface area (Å²) in [7, 11) is -1.48. The number of hydrogen-bond donors (Lipinski definition) is 1. The molecule has 5 heteroatoms. The average Bonchev–Trinajstić information content (AvgIpc) is 2.28. The molecule has 0 amide bonds. The molecule has 2 unspecified atom stereocenters. The zero-order chi connectivity index (χ0) is 13.5. The molecule has 0 spiro atoms. The molecule has 104 valence electrons. The smallest absolute Gasteiger partial charge is 0.217 e. The fourth-order valence-electron chi connectivity index (χ4n) is 1.72. The van der Waals surface area contributed by atoms with E-state index in [1.54, 1.807) is 14.0 Å². The molecule has 0 aromatic heterocycles. The highest BCUT2D eigenvalue weighted by molar-refractivity contribution is 7.89. The summed E-state index contributed by atoms with van der Waals surface area (Å²) in [5, 5.41) is 2.80. The Kier molecular flexibility index (Phi) is 8.00. The molecule has 0 aromatic rings. The van der Waals surface area contributed by atoms with Crippen molar-refractivity contribution < 1.29 is 8.42 Å². The third kappa shape index (κ3) is 5.36. The van der Waals surface area contributed by atoms with E-state index in [4.69, 9.17) is 0 Å². The zero-order valence-corrected chi connectivity index (χ0v) is 12.7. The van der Waals surface area contributed by atoms with Crippen LogP contribution in [0.3, 0.4) is 0 Å². The predicted octanol–water partition coefficient (Wildman–Crippen LogP) is 1.82. The summed E-state index contributed by atoms with van der Waals surface area (Å²) in [6.45, 7) is 9.28. The molecule has 0 saturated heterocycles. The maximum absolute atomic E-state index is 12.2. The minimum atomic E-state index is -3.17. The lowest BCUT2D eigenvalue weighted by Gasteiger charge is -2.27. The minimum absolute atomic E-state index is 0.0821. The fraction of sp³-hybridized carbons (Fsp3) is 1.00. The van der Waals surface area contributed by atoms with Crippen molar-refractivity contribution in [1.29, 1.82) is 0 Å². The van der Waals surface area contributed by atoms with Crippen LogP contribution in [0.2, 0.25) is 0 Å². The molecule has 4 nitrogen and oxygen atoms in total. The van der Waals surface area contributed by atoms with E-state index in [0.29, 0.717) is 6.54 Å². The van der Waals surface area contributed by atoms with Crippen LogP contribution >= 0.6 is 0 Å². The van der Waals surface area contributed by atoms with Gasteiger partial charge in [0.05, 0.1) is 5.25 Å². The normalized spacial score (nSPS) is 16.1. The molecule has 0 aliphatic rings. The van der Waals surface area contributed by atoms with Gasteiger partial charge in [0.2, 0.25) is 10.0 Å². The Morgan fingerprint density at radius 1 is 1.18 bits per heavy atom. The van der Waals surface area contributed by atoms with Gasteiger partial charge in [-0.3, -0.25) is 0 Å². The van der Waals surface area contributed by atoms with Gasteiger partial charge in [-0.1, -0.05) is 20.3 Å². The summed E-state index contributed by atoms with van der Waals surface area (Å²) in [5.41, 5.74) is 0. The largest absolute Gasteiger partial charge is 0.315 e. The topological polar surface area (TPSA) is 49.4 Å². The van der Waals surface area contributed by atoms with E-state index >= 15 is 0 Å². The van der Waals surface area contributed by atoms with Crippen LogP contribution in [-0.4, -0.2) is 44.2 Å². The van der Waals surface area contributed by atoms with Gasteiger partial charge < -0.3 is 5.32 Å². The Morgan fingerprint density at radius 2 is 1.76 bits per heavy atom. The molecule has 0 aliphatic heterocycles. The first kappa shape index (κ1) is 16.9. The first-order valence-corrected chi connectivity index (χ1v) is 8.05. The third-order valence-corrected chi connectivity index (χ3v) is 5.44. The van der Waals surface area contributed by atoms with Crippen molar-refractivity contribution in [2.24, 2.45) is 0 Å². The molecule has 0 fully saturated rings. The maximum atomic E-state index is 12.2.